The van der Waals surface area contributed by atoms with Gasteiger partial charge in [-0.25, -0.2) is 9.37 Å². The van der Waals surface area contributed by atoms with E-state index in [-0.39, 0.29) is 23.3 Å². The molecule has 2 fully saturated rings. The number of fused-ring (bicyclic) bond motifs is 1. The largest absolute Gasteiger partial charge is 0.368 e. The van der Waals surface area contributed by atoms with Gasteiger partial charge in [0.15, 0.2) is 0 Å². The maximum atomic E-state index is 13.7. The zero-order valence-corrected chi connectivity index (χ0v) is 16.1. The Hall–Kier alpha value is -2.28. The molecule has 2 amide bonds. The molecule has 2 heterocycles. The number of carbonyl (C=O) groups excluding carboxylic acids is 2. The molecule has 1 aromatic heterocycles. The van der Waals surface area contributed by atoms with Crippen molar-refractivity contribution >= 4 is 23.2 Å². The molecule has 142 valence electrons. The molecule has 5 nitrogen and oxygen atoms in total. The first-order valence-corrected chi connectivity index (χ1v) is 10.0. The fraction of sp³-hybridized carbons (Fsp3) is 0.450. The summed E-state index contributed by atoms with van der Waals surface area (Å²) in [6.45, 7) is 4.52. The summed E-state index contributed by atoms with van der Waals surface area (Å²) in [6.07, 6.45) is 1.92. The number of aryl methyl sites for hydroxylation is 1. The van der Waals surface area contributed by atoms with Crippen molar-refractivity contribution in [3.8, 4) is 10.4 Å². The minimum atomic E-state index is -0.588. The van der Waals surface area contributed by atoms with Gasteiger partial charge in [0.25, 0.3) is 5.91 Å². The second-order valence-electron chi connectivity index (χ2n) is 7.73. The molecule has 0 radical (unpaired) electrons. The highest BCUT2D eigenvalue weighted by Crippen LogP contribution is 2.45. The van der Waals surface area contributed by atoms with Crippen molar-refractivity contribution in [1.82, 2.24) is 9.88 Å². The number of hydrogen-bond acceptors (Lipinski definition) is 4. The van der Waals surface area contributed by atoms with Crippen LogP contribution in [0.4, 0.5) is 4.39 Å². The predicted molar refractivity (Wildman–Crippen MR) is 102 cm³/mol. The molecule has 2 aliphatic rings. The molecule has 1 aromatic carbocycles. The van der Waals surface area contributed by atoms with Gasteiger partial charge in [0.2, 0.25) is 5.91 Å². The molecule has 1 saturated heterocycles. The zero-order valence-electron chi connectivity index (χ0n) is 15.3. The number of amides is 2. The Morgan fingerprint density at radius 2 is 2.11 bits per heavy atom. The van der Waals surface area contributed by atoms with Crippen LogP contribution in [0.15, 0.2) is 24.3 Å². The van der Waals surface area contributed by atoms with Crippen LogP contribution >= 0.6 is 11.3 Å². The zero-order chi connectivity index (χ0) is 19.3. The van der Waals surface area contributed by atoms with Crippen molar-refractivity contribution in [2.75, 3.05) is 6.54 Å². The van der Waals surface area contributed by atoms with Gasteiger partial charge in [-0.2, -0.15) is 0 Å². The molecule has 4 unspecified atom stereocenters. The molecule has 27 heavy (non-hydrogen) atoms. The summed E-state index contributed by atoms with van der Waals surface area (Å²) >= 11 is 1.35. The Labute approximate surface area is 161 Å². The number of halogens is 1. The fourth-order valence-corrected chi connectivity index (χ4v) is 5.65. The van der Waals surface area contributed by atoms with Crippen LogP contribution in [0.1, 0.15) is 35.3 Å². The third-order valence-electron chi connectivity index (χ3n) is 5.73. The average Bonchev–Trinajstić information content (AvgIpc) is 3.25. The summed E-state index contributed by atoms with van der Waals surface area (Å²) in [6, 6.07) is 5.55. The topological polar surface area (TPSA) is 76.3 Å². The van der Waals surface area contributed by atoms with Gasteiger partial charge in [-0.1, -0.05) is 19.1 Å². The molecule has 0 spiro atoms. The van der Waals surface area contributed by atoms with Crippen LogP contribution in [-0.2, 0) is 4.79 Å². The number of thiazole rings is 1. The number of benzene rings is 1. The smallest absolute Gasteiger partial charge is 0.274 e. The van der Waals surface area contributed by atoms with E-state index in [1.165, 1.54) is 23.5 Å². The highest BCUT2D eigenvalue weighted by Gasteiger charge is 2.51. The lowest BCUT2D eigenvalue weighted by atomic mass is 9.93. The van der Waals surface area contributed by atoms with Crippen LogP contribution < -0.4 is 5.73 Å². The Bertz CT molecular complexity index is 912. The van der Waals surface area contributed by atoms with E-state index in [1.54, 1.807) is 17.0 Å². The van der Waals surface area contributed by atoms with E-state index < -0.39 is 11.9 Å². The van der Waals surface area contributed by atoms with Crippen LogP contribution in [0.5, 0.6) is 0 Å². The number of nitrogens with zero attached hydrogens (tertiary/aromatic N) is 2. The van der Waals surface area contributed by atoms with E-state index in [0.29, 0.717) is 28.8 Å². The first kappa shape index (κ1) is 18.1. The van der Waals surface area contributed by atoms with E-state index in [4.69, 9.17) is 5.73 Å². The van der Waals surface area contributed by atoms with Gasteiger partial charge in [0.05, 0.1) is 9.88 Å². The van der Waals surface area contributed by atoms with E-state index in [9.17, 15) is 14.0 Å². The van der Waals surface area contributed by atoms with Crippen LogP contribution in [-0.4, -0.2) is 34.3 Å². The fourth-order valence-electron chi connectivity index (χ4n) is 4.75. The molecule has 4 rings (SSSR count). The van der Waals surface area contributed by atoms with Crippen LogP contribution in [0.3, 0.4) is 0 Å². The quantitative estimate of drug-likeness (QED) is 0.878. The number of rotatable bonds is 3. The lowest BCUT2D eigenvalue weighted by Gasteiger charge is -2.25. The van der Waals surface area contributed by atoms with Crippen LogP contribution in [0.25, 0.3) is 10.4 Å². The first-order valence-electron chi connectivity index (χ1n) is 9.18. The van der Waals surface area contributed by atoms with E-state index in [0.717, 1.165) is 17.8 Å². The molecule has 2 N–H and O–H groups in total. The highest BCUT2D eigenvalue weighted by atomic mass is 32.1. The normalized spacial score (nSPS) is 27.0. The van der Waals surface area contributed by atoms with Gasteiger partial charge in [-0.15, -0.1) is 11.3 Å². The van der Waals surface area contributed by atoms with Crippen molar-refractivity contribution in [2.24, 2.45) is 23.5 Å². The number of nitrogens with two attached hydrogens (primary N) is 1. The third-order valence-corrected chi connectivity index (χ3v) is 6.75. The summed E-state index contributed by atoms with van der Waals surface area (Å²) in [5, 5.41) is 0.723. The number of primary amides is 1. The van der Waals surface area contributed by atoms with E-state index in [1.807, 2.05) is 6.92 Å². The lowest BCUT2D eigenvalue weighted by molar-refractivity contribution is -0.122. The maximum Gasteiger partial charge on any atom is 0.274 e. The number of carbonyl (C=O) groups is 2. The second-order valence-corrected chi connectivity index (χ2v) is 8.93. The highest BCUT2D eigenvalue weighted by molar-refractivity contribution is 7.15. The van der Waals surface area contributed by atoms with Crippen molar-refractivity contribution in [2.45, 2.75) is 32.7 Å². The predicted octanol–water partition coefficient (Wildman–Crippen LogP) is 3.23. The molecule has 7 heteroatoms. The summed E-state index contributed by atoms with van der Waals surface area (Å²) in [7, 11) is 0. The molecule has 1 aliphatic heterocycles. The summed E-state index contributed by atoms with van der Waals surface area (Å²) in [4.78, 5) is 32.1. The lowest BCUT2D eigenvalue weighted by Crippen LogP contribution is -2.46. The summed E-state index contributed by atoms with van der Waals surface area (Å²) in [5.74, 6) is -0.133. The minimum absolute atomic E-state index is 0.124. The van der Waals surface area contributed by atoms with E-state index >= 15 is 0 Å². The number of hydrogen-bond donors (Lipinski definition) is 1. The van der Waals surface area contributed by atoms with Crippen molar-refractivity contribution in [3.63, 3.8) is 0 Å². The minimum Gasteiger partial charge on any atom is -0.368 e. The average molecular weight is 387 g/mol. The second kappa shape index (κ2) is 6.71. The number of aromatic nitrogens is 1. The molecule has 2 aromatic rings. The van der Waals surface area contributed by atoms with Gasteiger partial charge >= 0.3 is 0 Å². The summed E-state index contributed by atoms with van der Waals surface area (Å²) < 4.78 is 13.7. The van der Waals surface area contributed by atoms with Crippen LogP contribution in [0, 0.1) is 30.5 Å². The summed E-state index contributed by atoms with van der Waals surface area (Å²) in [5.41, 5.74) is 6.58. The first-order chi connectivity index (χ1) is 12.8. The molecule has 0 bridgehead atoms. The Kier molecular flexibility index (Phi) is 4.50. The van der Waals surface area contributed by atoms with Crippen LogP contribution in [0.2, 0.25) is 0 Å². The van der Waals surface area contributed by atoms with Gasteiger partial charge in [0, 0.05) is 6.54 Å². The van der Waals surface area contributed by atoms with Crippen molar-refractivity contribution in [1.29, 1.82) is 0 Å². The molecular weight excluding hydrogens is 365 g/mol. The maximum absolute atomic E-state index is 13.7. The Balaban J connectivity index is 1.70. The molecule has 1 saturated carbocycles. The molecule has 1 aliphatic carbocycles. The Morgan fingerprint density at radius 1 is 1.33 bits per heavy atom. The molecule has 4 atom stereocenters. The Morgan fingerprint density at radius 3 is 2.81 bits per heavy atom. The molecular formula is C20H22FN3O2S. The van der Waals surface area contributed by atoms with Gasteiger partial charge in [0.1, 0.15) is 17.6 Å². The standard InChI is InChI=1S/C20H22FN3O2S/c1-10-6-13-9-24(17(19(22)25)15(13)7-10)20(26)16-18(27-11(2)23-16)12-4-3-5-14(21)8-12/h3-5,8,10,13,15,17H,6-7,9H2,1-2H3,(H2,22,25). The van der Waals surface area contributed by atoms with Crippen molar-refractivity contribution < 1.29 is 14.0 Å². The van der Waals surface area contributed by atoms with Gasteiger partial charge < -0.3 is 10.6 Å². The van der Waals surface area contributed by atoms with Gasteiger partial charge in [-0.3, -0.25) is 9.59 Å². The van der Waals surface area contributed by atoms with Gasteiger partial charge in [-0.05, 0) is 55.2 Å². The third kappa shape index (κ3) is 3.14. The SMILES string of the molecule is Cc1nc(C(=O)N2CC3CC(C)CC3C2C(N)=O)c(-c2cccc(F)c2)s1. The monoisotopic (exact) mass is 387 g/mol. The number of likely N-dealkylation sites (tertiary alicyclic amines) is 1. The van der Waals surface area contributed by atoms with E-state index in [2.05, 4.69) is 11.9 Å². The van der Waals surface area contributed by atoms with Crippen molar-refractivity contribution in [3.05, 3.63) is 40.8 Å².